The summed E-state index contributed by atoms with van der Waals surface area (Å²) in [4.78, 5) is 4.42. The molecule has 0 aliphatic heterocycles. The molecule has 0 unspecified atom stereocenters. The van der Waals surface area contributed by atoms with Crippen molar-refractivity contribution in [1.82, 2.24) is 15.5 Å². The quantitative estimate of drug-likeness (QED) is 0.835. The summed E-state index contributed by atoms with van der Waals surface area (Å²) in [5, 5.41) is 7.46. The van der Waals surface area contributed by atoms with Crippen LogP contribution >= 0.6 is 0 Å². The maximum absolute atomic E-state index is 5.26. The third-order valence-corrected chi connectivity index (χ3v) is 3.36. The molecule has 0 amide bonds. The van der Waals surface area contributed by atoms with Gasteiger partial charge in [-0.05, 0) is 30.5 Å². The summed E-state index contributed by atoms with van der Waals surface area (Å²) in [5.41, 5.74) is 1.12. The molecule has 1 aromatic heterocycles. The minimum Gasteiger partial charge on any atom is -0.497 e. The molecule has 20 heavy (non-hydrogen) atoms. The molecule has 5 nitrogen and oxygen atoms in total. The molecule has 1 aliphatic carbocycles. The molecule has 0 saturated heterocycles. The smallest absolute Gasteiger partial charge is 0.227 e. The zero-order chi connectivity index (χ0) is 13.8. The van der Waals surface area contributed by atoms with Gasteiger partial charge in [0.1, 0.15) is 5.75 Å². The van der Waals surface area contributed by atoms with E-state index in [9.17, 15) is 0 Å². The van der Waals surface area contributed by atoms with E-state index in [4.69, 9.17) is 9.26 Å². The van der Waals surface area contributed by atoms with Gasteiger partial charge in [-0.25, -0.2) is 0 Å². The first-order valence-electron chi connectivity index (χ1n) is 7.01. The Bertz CT molecular complexity index is 564. The van der Waals surface area contributed by atoms with Crippen LogP contribution in [0.2, 0.25) is 0 Å². The van der Waals surface area contributed by atoms with Gasteiger partial charge in [0.2, 0.25) is 5.89 Å². The Balaban J connectivity index is 1.55. The number of ether oxygens (including phenoxy) is 1. The highest BCUT2D eigenvalue weighted by Crippen LogP contribution is 2.18. The van der Waals surface area contributed by atoms with Crippen molar-refractivity contribution in [3.05, 3.63) is 41.5 Å². The average Bonchev–Trinajstić information content (AvgIpc) is 3.19. The number of aromatic nitrogens is 2. The van der Waals surface area contributed by atoms with E-state index in [1.54, 1.807) is 7.11 Å². The van der Waals surface area contributed by atoms with Gasteiger partial charge in [-0.15, -0.1) is 0 Å². The molecule has 1 fully saturated rings. The second-order valence-corrected chi connectivity index (χ2v) is 5.11. The summed E-state index contributed by atoms with van der Waals surface area (Å²) >= 11 is 0. The highest BCUT2D eigenvalue weighted by molar-refractivity contribution is 5.30. The first-order valence-corrected chi connectivity index (χ1v) is 7.01. The maximum atomic E-state index is 5.26. The predicted molar refractivity (Wildman–Crippen MR) is 74.8 cm³/mol. The molecule has 106 valence electrons. The molecule has 0 spiro atoms. The van der Waals surface area contributed by atoms with Crippen LogP contribution in [0.25, 0.3) is 0 Å². The number of nitrogens with zero attached hydrogens (tertiary/aromatic N) is 2. The van der Waals surface area contributed by atoms with Gasteiger partial charge in [0.15, 0.2) is 5.82 Å². The van der Waals surface area contributed by atoms with Crippen molar-refractivity contribution < 1.29 is 9.26 Å². The SMILES string of the molecule is COc1cccc(Cc2noc(CCNC3CC3)n2)c1. The molecular formula is C15H19N3O2. The zero-order valence-electron chi connectivity index (χ0n) is 11.6. The lowest BCUT2D eigenvalue weighted by molar-refractivity contribution is 0.371. The summed E-state index contributed by atoms with van der Waals surface area (Å²) in [6.07, 6.45) is 4.05. The molecule has 3 rings (SSSR count). The third kappa shape index (κ3) is 3.57. The fraction of sp³-hybridized carbons (Fsp3) is 0.467. The van der Waals surface area contributed by atoms with Gasteiger partial charge in [0, 0.05) is 25.4 Å². The summed E-state index contributed by atoms with van der Waals surface area (Å²) in [6, 6.07) is 8.63. The lowest BCUT2D eigenvalue weighted by atomic mass is 10.1. The predicted octanol–water partition coefficient (Wildman–Crippen LogP) is 1.96. The van der Waals surface area contributed by atoms with E-state index in [2.05, 4.69) is 15.5 Å². The van der Waals surface area contributed by atoms with Crippen LogP contribution in [0.5, 0.6) is 5.75 Å². The Morgan fingerprint density at radius 1 is 1.40 bits per heavy atom. The van der Waals surface area contributed by atoms with Crippen LogP contribution in [0.4, 0.5) is 0 Å². The topological polar surface area (TPSA) is 60.2 Å². The van der Waals surface area contributed by atoms with E-state index in [1.807, 2.05) is 24.3 Å². The fourth-order valence-electron chi connectivity index (χ4n) is 2.10. The Hall–Kier alpha value is -1.88. The van der Waals surface area contributed by atoms with E-state index in [-0.39, 0.29) is 0 Å². The highest BCUT2D eigenvalue weighted by atomic mass is 16.5. The number of methoxy groups -OCH3 is 1. The Kier molecular flexibility index (Phi) is 3.97. The van der Waals surface area contributed by atoms with Crippen molar-refractivity contribution in [2.24, 2.45) is 0 Å². The van der Waals surface area contributed by atoms with Gasteiger partial charge >= 0.3 is 0 Å². The maximum Gasteiger partial charge on any atom is 0.227 e. The summed E-state index contributed by atoms with van der Waals surface area (Å²) in [6.45, 7) is 0.908. The summed E-state index contributed by atoms with van der Waals surface area (Å²) in [7, 11) is 1.67. The molecule has 1 N–H and O–H groups in total. The number of hydrogen-bond acceptors (Lipinski definition) is 5. The second kappa shape index (κ2) is 6.05. The molecule has 1 heterocycles. The third-order valence-electron chi connectivity index (χ3n) is 3.36. The van der Waals surface area contributed by atoms with E-state index in [0.717, 1.165) is 30.1 Å². The largest absolute Gasteiger partial charge is 0.497 e. The van der Waals surface area contributed by atoms with Crippen molar-refractivity contribution >= 4 is 0 Å². The normalized spacial score (nSPS) is 14.4. The van der Waals surface area contributed by atoms with Gasteiger partial charge in [-0.1, -0.05) is 17.3 Å². The van der Waals surface area contributed by atoms with Gasteiger partial charge in [-0.3, -0.25) is 0 Å². The molecule has 0 atom stereocenters. The molecule has 1 saturated carbocycles. The number of rotatable bonds is 7. The van der Waals surface area contributed by atoms with Gasteiger partial charge in [0.25, 0.3) is 0 Å². The standard InChI is InChI=1S/C15H19N3O2/c1-19-13-4-2-3-11(9-13)10-14-17-15(20-18-14)7-8-16-12-5-6-12/h2-4,9,12,16H,5-8,10H2,1H3. The van der Waals surface area contributed by atoms with Crippen LogP contribution in [0.15, 0.2) is 28.8 Å². The summed E-state index contributed by atoms with van der Waals surface area (Å²) < 4.78 is 10.5. The molecule has 1 aromatic carbocycles. The van der Waals surface area contributed by atoms with Crippen LogP contribution in [-0.4, -0.2) is 29.8 Å². The lowest BCUT2D eigenvalue weighted by Gasteiger charge is -2.01. The van der Waals surface area contributed by atoms with Crippen molar-refractivity contribution in [1.29, 1.82) is 0 Å². The fourth-order valence-corrected chi connectivity index (χ4v) is 2.10. The van der Waals surface area contributed by atoms with Crippen LogP contribution in [0.1, 0.15) is 30.1 Å². The Labute approximate surface area is 118 Å². The van der Waals surface area contributed by atoms with Crippen LogP contribution < -0.4 is 10.1 Å². The Morgan fingerprint density at radius 3 is 3.10 bits per heavy atom. The van der Waals surface area contributed by atoms with E-state index >= 15 is 0 Å². The van der Waals surface area contributed by atoms with Crippen LogP contribution in [0.3, 0.4) is 0 Å². The van der Waals surface area contributed by atoms with Crippen molar-refractivity contribution in [3.8, 4) is 5.75 Å². The number of benzene rings is 1. The second-order valence-electron chi connectivity index (χ2n) is 5.11. The van der Waals surface area contributed by atoms with Crippen molar-refractivity contribution in [2.45, 2.75) is 31.7 Å². The first kappa shape index (κ1) is 13.1. The number of nitrogens with one attached hydrogen (secondary N) is 1. The Morgan fingerprint density at radius 2 is 2.30 bits per heavy atom. The van der Waals surface area contributed by atoms with Gasteiger partial charge in [-0.2, -0.15) is 4.98 Å². The van der Waals surface area contributed by atoms with Gasteiger partial charge in [0.05, 0.1) is 7.11 Å². The molecule has 0 radical (unpaired) electrons. The minimum atomic E-state index is 0.663. The molecule has 5 heteroatoms. The lowest BCUT2D eigenvalue weighted by Crippen LogP contribution is -2.19. The van der Waals surface area contributed by atoms with E-state index in [1.165, 1.54) is 12.8 Å². The molecule has 1 aliphatic rings. The summed E-state index contributed by atoms with van der Waals surface area (Å²) in [5.74, 6) is 2.27. The molecular weight excluding hydrogens is 254 g/mol. The number of hydrogen-bond donors (Lipinski definition) is 1. The molecule has 0 bridgehead atoms. The van der Waals surface area contributed by atoms with Gasteiger partial charge < -0.3 is 14.6 Å². The van der Waals surface area contributed by atoms with Crippen LogP contribution in [0, 0.1) is 0 Å². The van der Waals surface area contributed by atoms with E-state index < -0.39 is 0 Å². The average molecular weight is 273 g/mol. The van der Waals surface area contributed by atoms with Crippen molar-refractivity contribution in [3.63, 3.8) is 0 Å². The highest BCUT2D eigenvalue weighted by Gasteiger charge is 2.20. The van der Waals surface area contributed by atoms with Crippen molar-refractivity contribution in [2.75, 3.05) is 13.7 Å². The first-order chi connectivity index (χ1) is 9.83. The van der Waals surface area contributed by atoms with E-state index in [0.29, 0.717) is 18.4 Å². The minimum absolute atomic E-state index is 0.663. The van der Waals surface area contributed by atoms with Crippen LogP contribution in [-0.2, 0) is 12.8 Å². The molecule has 2 aromatic rings. The zero-order valence-corrected chi connectivity index (χ0v) is 11.6. The monoisotopic (exact) mass is 273 g/mol.